The normalized spacial score (nSPS) is 32.0. The van der Waals surface area contributed by atoms with Crippen LogP contribution in [0.2, 0.25) is 0 Å². The van der Waals surface area contributed by atoms with Gasteiger partial charge in [-0.1, -0.05) is 13.8 Å². The third-order valence-electron chi connectivity index (χ3n) is 2.51. The zero-order valence-electron chi connectivity index (χ0n) is 8.21. The molecule has 0 spiro atoms. The molecular formula is C10H21NO. The highest BCUT2D eigenvalue weighted by Crippen LogP contribution is 2.18. The van der Waals surface area contributed by atoms with Crippen LogP contribution in [0, 0.1) is 0 Å². The van der Waals surface area contributed by atoms with Crippen LogP contribution in [0.25, 0.3) is 0 Å². The molecule has 0 aromatic heterocycles. The van der Waals surface area contributed by atoms with Gasteiger partial charge in [-0.15, -0.1) is 0 Å². The van der Waals surface area contributed by atoms with E-state index in [0.717, 1.165) is 19.3 Å². The number of nitrogens with one attached hydrogen (secondary N) is 1. The smallest absolute Gasteiger partial charge is 0.0540 e. The van der Waals surface area contributed by atoms with Gasteiger partial charge in [-0.3, -0.25) is 0 Å². The van der Waals surface area contributed by atoms with Crippen molar-refractivity contribution in [2.75, 3.05) is 0 Å². The third-order valence-corrected chi connectivity index (χ3v) is 2.51. The van der Waals surface area contributed by atoms with Gasteiger partial charge in [0.15, 0.2) is 0 Å². The van der Waals surface area contributed by atoms with Gasteiger partial charge >= 0.3 is 0 Å². The van der Waals surface area contributed by atoms with Gasteiger partial charge in [0.25, 0.3) is 0 Å². The number of rotatable bonds is 2. The zero-order valence-corrected chi connectivity index (χ0v) is 8.21. The van der Waals surface area contributed by atoms with Gasteiger partial charge in [-0.25, -0.2) is 0 Å². The minimum Gasteiger partial charge on any atom is -0.393 e. The summed E-state index contributed by atoms with van der Waals surface area (Å²) in [5.41, 5.74) is 0. The topological polar surface area (TPSA) is 32.3 Å². The first kappa shape index (κ1) is 10.0. The Kier molecular flexibility index (Phi) is 4.02. The van der Waals surface area contributed by atoms with Crippen LogP contribution in [0.5, 0.6) is 0 Å². The van der Waals surface area contributed by atoms with Gasteiger partial charge in [-0.2, -0.15) is 0 Å². The van der Waals surface area contributed by atoms with Crippen LogP contribution in [0.3, 0.4) is 0 Å². The molecule has 0 bridgehead atoms. The standard InChI is InChI=1S/C10H21NO/c1-8(2)11-9-4-3-5-10(12)7-6-9/h8-12H,3-7H2,1-2H3/t9-,10+/m1/s1. The summed E-state index contributed by atoms with van der Waals surface area (Å²) < 4.78 is 0. The lowest BCUT2D eigenvalue weighted by atomic mass is 10.1. The number of aliphatic hydroxyl groups is 1. The van der Waals surface area contributed by atoms with Crippen LogP contribution in [0.1, 0.15) is 46.0 Å². The minimum atomic E-state index is -0.0380. The molecular weight excluding hydrogens is 150 g/mol. The molecule has 1 aliphatic rings. The molecule has 0 amide bonds. The predicted molar refractivity (Wildman–Crippen MR) is 51.2 cm³/mol. The second-order valence-corrected chi connectivity index (χ2v) is 4.18. The molecule has 0 heterocycles. The molecule has 12 heavy (non-hydrogen) atoms. The lowest BCUT2D eigenvalue weighted by Crippen LogP contribution is -2.34. The molecule has 1 saturated carbocycles. The molecule has 0 unspecified atom stereocenters. The van der Waals surface area contributed by atoms with Crippen molar-refractivity contribution in [1.82, 2.24) is 5.32 Å². The van der Waals surface area contributed by atoms with Crippen LogP contribution in [-0.4, -0.2) is 23.3 Å². The highest BCUT2D eigenvalue weighted by molar-refractivity contribution is 4.75. The van der Waals surface area contributed by atoms with Crippen molar-refractivity contribution in [1.29, 1.82) is 0 Å². The Morgan fingerprint density at radius 2 is 1.92 bits per heavy atom. The van der Waals surface area contributed by atoms with E-state index in [2.05, 4.69) is 19.2 Å². The third kappa shape index (κ3) is 3.55. The molecule has 0 aromatic rings. The molecule has 2 atom stereocenters. The van der Waals surface area contributed by atoms with Crippen molar-refractivity contribution < 1.29 is 5.11 Å². The summed E-state index contributed by atoms with van der Waals surface area (Å²) in [7, 11) is 0. The van der Waals surface area contributed by atoms with Crippen molar-refractivity contribution >= 4 is 0 Å². The maximum atomic E-state index is 9.41. The second-order valence-electron chi connectivity index (χ2n) is 4.18. The lowest BCUT2D eigenvalue weighted by Gasteiger charge is -2.18. The fraction of sp³-hybridized carbons (Fsp3) is 1.00. The van der Waals surface area contributed by atoms with E-state index in [4.69, 9.17) is 0 Å². The van der Waals surface area contributed by atoms with Gasteiger partial charge in [0.1, 0.15) is 0 Å². The number of hydrogen-bond donors (Lipinski definition) is 2. The predicted octanol–water partition coefficient (Wildman–Crippen LogP) is 1.68. The van der Waals surface area contributed by atoms with Crippen molar-refractivity contribution in [3.63, 3.8) is 0 Å². The molecule has 0 aliphatic heterocycles. The van der Waals surface area contributed by atoms with Crippen LogP contribution in [-0.2, 0) is 0 Å². The van der Waals surface area contributed by atoms with E-state index >= 15 is 0 Å². The molecule has 2 N–H and O–H groups in total. The molecule has 0 radical (unpaired) electrons. The Morgan fingerprint density at radius 1 is 1.17 bits per heavy atom. The molecule has 1 rings (SSSR count). The summed E-state index contributed by atoms with van der Waals surface area (Å²) in [6.45, 7) is 4.36. The molecule has 72 valence electrons. The Morgan fingerprint density at radius 3 is 2.58 bits per heavy atom. The molecule has 0 aromatic carbocycles. The minimum absolute atomic E-state index is 0.0380. The fourth-order valence-electron chi connectivity index (χ4n) is 1.92. The fourth-order valence-corrected chi connectivity index (χ4v) is 1.92. The summed E-state index contributed by atoms with van der Waals surface area (Å²) in [5, 5.41) is 12.9. The van der Waals surface area contributed by atoms with Gasteiger partial charge in [0.2, 0.25) is 0 Å². The highest BCUT2D eigenvalue weighted by Gasteiger charge is 2.16. The van der Waals surface area contributed by atoms with Gasteiger partial charge in [0.05, 0.1) is 6.10 Å². The molecule has 1 aliphatic carbocycles. The van der Waals surface area contributed by atoms with Crippen molar-refractivity contribution in [3.05, 3.63) is 0 Å². The van der Waals surface area contributed by atoms with E-state index in [1.165, 1.54) is 12.8 Å². The summed E-state index contributed by atoms with van der Waals surface area (Å²) >= 11 is 0. The SMILES string of the molecule is CC(C)N[C@@H]1CCC[C@H](O)CC1. The highest BCUT2D eigenvalue weighted by atomic mass is 16.3. The number of hydrogen-bond acceptors (Lipinski definition) is 2. The molecule has 2 nitrogen and oxygen atoms in total. The van der Waals surface area contributed by atoms with Crippen LogP contribution >= 0.6 is 0 Å². The first-order chi connectivity index (χ1) is 5.68. The average Bonchev–Trinajstić information content (AvgIpc) is 2.15. The largest absolute Gasteiger partial charge is 0.393 e. The van der Waals surface area contributed by atoms with Crippen molar-refractivity contribution in [2.24, 2.45) is 0 Å². The van der Waals surface area contributed by atoms with E-state index in [1.54, 1.807) is 0 Å². The summed E-state index contributed by atoms with van der Waals surface area (Å²) in [6, 6.07) is 1.22. The van der Waals surface area contributed by atoms with E-state index in [9.17, 15) is 5.11 Å². The summed E-state index contributed by atoms with van der Waals surface area (Å²) in [4.78, 5) is 0. The maximum Gasteiger partial charge on any atom is 0.0540 e. The summed E-state index contributed by atoms with van der Waals surface area (Å²) in [5.74, 6) is 0. The lowest BCUT2D eigenvalue weighted by molar-refractivity contribution is 0.156. The monoisotopic (exact) mass is 171 g/mol. The Labute approximate surface area is 75.4 Å². The van der Waals surface area contributed by atoms with Crippen molar-refractivity contribution in [2.45, 2.75) is 64.1 Å². The van der Waals surface area contributed by atoms with E-state index in [0.29, 0.717) is 12.1 Å². The van der Waals surface area contributed by atoms with Crippen LogP contribution < -0.4 is 5.32 Å². The zero-order chi connectivity index (χ0) is 8.97. The Balaban J connectivity index is 2.26. The Bertz CT molecular complexity index is 125. The maximum absolute atomic E-state index is 9.41. The molecule has 1 fully saturated rings. The van der Waals surface area contributed by atoms with Gasteiger partial charge in [-0.05, 0) is 32.1 Å². The Hall–Kier alpha value is -0.0800. The molecule has 0 saturated heterocycles. The van der Waals surface area contributed by atoms with E-state index in [-0.39, 0.29) is 6.10 Å². The summed E-state index contributed by atoms with van der Waals surface area (Å²) in [6.07, 6.45) is 5.48. The van der Waals surface area contributed by atoms with E-state index in [1.807, 2.05) is 0 Å². The van der Waals surface area contributed by atoms with Crippen molar-refractivity contribution in [3.8, 4) is 0 Å². The average molecular weight is 171 g/mol. The number of aliphatic hydroxyl groups excluding tert-OH is 1. The first-order valence-electron chi connectivity index (χ1n) is 5.12. The van der Waals surface area contributed by atoms with Gasteiger partial charge in [0, 0.05) is 12.1 Å². The van der Waals surface area contributed by atoms with E-state index < -0.39 is 0 Å². The van der Waals surface area contributed by atoms with Gasteiger partial charge < -0.3 is 10.4 Å². The quantitative estimate of drug-likeness (QED) is 0.620. The second kappa shape index (κ2) is 4.83. The van der Waals surface area contributed by atoms with Crippen LogP contribution in [0.15, 0.2) is 0 Å². The van der Waals surface area contributed by atoms with Crippen LogP contribution in [0.4, 0.5) is 0 Å². The molecule has 2 heteroatoms. The first-order valence-corrected chi connectivity index (χ1v) is 5.12.